The van der Waals surface area contributed by atoms with Crippen molar-refractivity contribution in [2.24, 2.45) is 11.8 Å². The van der Waals surface area contributed by atoms with Crippen LogP contribution >= 0.6 is 0 Å². The van der Waals surface area contributed by atoms with Gasteiger partial charge < -0.3 is 9.47 Å². The molecule has 0 bridgehead atoms. The highest BCUT2D eigenvalue weighted by Gasteiger charge is 2.40. The van der Waals surface area contributed by atoms with Crippen LogP contribution in [0.1, 0.15) is 38.5 Å². The van der Waals surface area contributed by atoms with Gasteiger partial charge in [-0.15, -0.1) is 0 Å². The second-order valence-electron chi connectivity index (χ2n) is 4.74. The molecule has 14 heavy (non-hydrogen) atoms. The molecule has 2 rings (SSSR count). The summed E-state index contributed by atoms with van der Waals surface area (Å²) in [5, 5.41) is 0. The Labute approximate surface area is 87.0 Å². The lowest BCUT2D eigenvalue weighted by molar-refractivity contribution is -0.0905. The van der Waals surface area contributed by atoms with E-state index in [2.05, 4.69) is 0 Å². The van der Waals surface area contributed by atoms with Crippen LogP contribution in [-0.2, 0) is 9.47 Å². The number of rotatable bonds is 2. The maximum atomic E-state index is 5.60. The summed E-state index contributed by atoms with van der Waals surface area (Å²) in [6.45, 7) is 0. The Hall–Kier alpha value is -0.0800. The summed E-state index contributed by atoms with van der Waals surface area (Å²) in [6, 6.07) is 0. The van der Waals surface area contributed by atoms with Crippen molar-refractivity contribution >= 4 is 0 Å². The molecule has 0 aromatic heterocycles. The van der Waals surface area contributed by atoms with Gasteiger partial charge in [-0.05, 0) is 37.5 Å². The molecule has 0 aliphatic heterocycles. The molecule has 2 heteroatoms. The highest BCUT2D eigenvalue weighted by molar-refractivity contribution is 4.91. The molecule has 0 aromatic carbocycles. The van der Waals surface area contributed by atoms with Gasteiger partial charge in [0.15, 0.2) is 0 Å². The lowest BCUT2D eigenvalue weighted by Gasteiger charge is -2.44. The zero-order valence-corrected chi connectivity index (χ0v) is 9.37. The minimum atomic E-state index is 0.506. The van der Waals surface area contributed by atoms with Crippen molar-refractivity contribution in [1.29, 1.82) is 0 Å². The molecule has 82 valence electrons. The number of fused-ring (bicyclic) bond motifs is 1. The monoisotopic (exact) mass is 198 g/mol. The third-order valence-electron chi connectivity index (χ3n) is 4.17. The Morgan fingerprint density at radius 2 is 1.14 bits per heavy atom. The maximum Gasteiger partial charge on any atom is 0.0604 e. The van der Waals surface area contributed by atoms with E-state index in [4.69, 9.17) is 9.47 Å². The summed E-state index contributed by atoms with van der Waals surface area (Å²) in [7, 11) is 3.73. The van der Waals surface area contributed by atoms with Crippen molar-refractivity contribution in [1.82, 2.24) is 0 Å². The summed E-state index contributed by atoms with van der Waals surface area (Å²) in [5.74, 6) is 1.54. The first kappa shape index (κ1) is 10.4. The standard InChI is InChI=1S/C12H22O2/c1-13-11-7-8-12(14-2)10-6-4-3-5-9(10)11/h9-12H,3-8H2,1-2H3/t9-,10-,11+,12+/m0/s1. The zero-order valence-electron chi connectivity index (χ0n) is 9.37. The van der Waals surface area contributed by atoms with Crippen molar-refractivity contribution in [2.45, 2.75) is 50.7 Å². The van der Waals surface area contributed by atoms with Gasteiger partial charge >= 0.3 is 0 Å². The molecule has 0 N–H and O–H groups in total. The van der Waals surface area contributed by atoms with Gasteiger partial charge in [0.1, 0.15) is 0 Å². The molecule has 2 fully saturated rings. The van der Waals surface area contributed by atoms with E-state index in [-0.39, 0.29) is 0 Å². The van der Waals surface area contributed by atoms with Crippen LogP contribution in [0.3, 0.4) is 0 Å². The largest absolute Gasteiger partial charge is 0.381 e. The highest BCUT2D eigenvalue weighted by Crippen LogP contribution is 2.42. The van der Waals surface area contributed by atoms with Crippen LogP contribution in [0.25, 0.3) is 0 Å². The fraction of sp³-hybridized carbons (Fsp3) is 1.00. The molecule has 4 atom stereocenters. The van der Waals surface area contributed by atoms with Gasteiger partial charge in [0, 0.05) is 14.2 Å². The lowest BCUT2D eigenvalue weighted by Crippen LogP contribution is -2.44. The number of methoxy groups -OCH3 is 2. The first-order chi connectivity index (χ1) is 6.86. The van der Waals surface area contributed by atoms with E-state index in [0.29, 0.717) is 12.2 Å². The minimum absolute atomic E-state index is 0.506. The van der Waals surface area contributed by atoms with E-state index in [1.54, 1.807) is 0 Å². The molecule has 2 aliphatic carbocycles. The fourth-order valence-electron chi connectivity index (χ4n) is 3.45. The molecule has 0 heterocycles. The van der Waals surface area contributed by atoms with Crippen LogP contribution in [0.5, 0.6) is 0 Å². The van der Waals surface area contributed by atoms with Crippen LogP contribution in [-0.4, -0.2) is 26.4 Å². The van der Waals surface area contributed by atoms with E-state index < -0.39 is 0 Å². The molecule has 0 radical (unpaired) electrons. The quantitative estimate of drug-likeness (QED) is 0.679. The average molecular weight is 198 g/mol. The van der Waals surface area contributed by atoms with E-state index >= 15 is 0 Å². The second-order valence-corrected chi connectivity index (χ2v) is 4.74. The van der Waals surface area contributed by atoms with E-state index in [0.717, 1.165) is 11.8 Å². The Morgan fingerprint density at radius 3 is 1.50 bits per heavy atom. The summed E-state index contributed by atoms with van der Waals surface area (Å²) < 4.78 is 11.2. The fourth-order valence-corrected chi connectivity index (χ4v) is 3.45. The summed E-state index contributed by atoms with van der Waals surface area (Å²) >= 11 is 0. The van der Waals surface area contributed by atoms with Crippen LogP contribution < -0.4 is 0 Å². The summed E-state index contributed by atoms with van der Waals surface area (Å²) in [6.07, 6.45) is 8.87. The SMILES string of the molecule is CO[C@@H]1CC[C@@H](OC)[C@H]2CCCC[C@@H]21. The predicted octanol–water partition coefficient (Wildman–Crippen LogP) is 2.62. The van der Waals surface area contributed by atoms with Gasteiger partial charge in [-0.3, -0.25) is 0 Å². The minimum Gasteiger partial charge on any atom is -0.381 e. The molecule has 0 saturated heterocycles. The molecular weight excluding hydrogens is 176 g/mol. The van der Waals surface area contributed by atoms with Crippen molar-refractivity contribution in [3.63, 3.8) is 0 Å². The van der Waals surface area contributed by atoms with Gasteiger partial charge in [0.2, 0.25) is 0 Å². The smallest absolute Gasteiger partial charge is 0.0604 e. The molecule has 2 saturated carbocycles. The van der Waals surface area contributed by atoms with Crippen LogP contribution in [0.4, 0.5) is 0 Å². The van der Waals surface area contributed by atoms with Crippen molar-refractivity contribution in [3.8, 4) is 0 Å². The third kappa shape index (κ3) is 1.82. The Kier molecular flexibility index (Phi) is 3.45. The van der Waals surface area contributed by atoms with Gasteiger partial charge in [-0.2, -0.15) is 0 Å². The topological polar surface area (TPSA) is 18.5 Å². The van der Waals surface area contributed by atoms with Crippen LogP contribution in [0.2, 0.25) is 0 Å². The van der Waals surface area contributed by atoms with E-state index in [1.807, 2.05) is 14.2 Å². The molecule has 0 aromatic rings. The van der Waals surface area contributed by atoms with Crippen LogP contribution in [0, 0.1) is 11.8 Å². The normalized spacial score (nSPS) is 43.3. The molecule has 0 unspecified atom stereocenters. The summed E-state index contributed by atoms with van der Waals surface area (Å²) in [4.78, 5) is 0. The number of hydrogen-bond donors (Lipinski definition) is 0. The molecular formula is C12H22O2. The predicted molar refractivity (Wildman–Crippen MR) is 56.3 cm³/mol. The average Bonchev–Trinajstić information content (AvgIpc) is 2.27. The number of hydrogen-bond acceptors (Lipinski definition) is 2. The molecule has 2 aliphatic rings. The van der Waals surface area contributed by atoms with E-state index in [1.165, 1.54) is 38.5 Å². The summed E-state index contributed by atoms with van der Waals surface area (Å²) in [5.41, 5.74) is 0. The second kappa shape index (κ2) is 4.63. The molecule has 2 nitrogen and oxygen atoms in total. The molecule has 0 spiro atoms. The Balaban J connectivity index is 2.05. The van der Waals surface area contributed by atoms with Crippen LogP contribution in [0.15, 0.2) is 0 Å². The van der Waals surface area contributed by atoms with Gasteiger partial charge in [-0.1, -0.05) is 12.8 Å². The highest BCUT2D eigenvalue weighted by atomic mass is 16.5. The van der Waals surface area contributed by atoms with Crippen molar-refractivity contribution in [2.75, 3.05) is 14.2 Å². The van der Waals surface area contributed by atoms with Gasteiger partial charge in [0.05, 0.1) is 12.2 Å². The number of ether oxygens (including phenoxy) is 2. The van der Waals surface area contributed by atoms with Gasteiger partial charge in [0.25, 0.3) is 0 Å². The Morgan fingerprint density at radius 1 is 0.714 bits per heavy atom. The lowest BCUT2D eigenvalue weighted by atomic mass is 9.68. The van der Waals surface area contributed by atoms with Gasteiger partial charge in [-0.25, -0.2) is 0 Å². The third-order valence-corrected chi connectivity index (χ3v) is 4.17. The van der Waals surface area contributed by atoms with Crippen molar-refractivity contribution < 1.29 is 9.47 Å². The first-order valence-corrected chi connectivity index (χ1v) is 5.92. The first-order valence-electron chi connectivity index (χ1n) is 5.92. The van der Waals surface area contributed by atoms with Crippen molar-refractivity contribution in [3.05, 3.63) is 0 Å². The maximum absolute atomic E-state index is 5.60. The molecule has 0 amide bonds. The Bertz CT molecular complexity index is 161. The van der Waals surface area contributed by atoms with E-state index in [9.17, 15) is 0 Å². The zero-order chi connectivity index (χ0) is 9.97.